The third kappa shape index (κ3) is 4.55. The van der Waals surface area contributed by atoms with Crippen molar-refractivity contribution < 1.29 is 19.1 Å². The minimum Gasteiger partial charge on any atom is -0.495 e. The largest absolute Gasteiger partial charge is 0.495 e. The van der Waals surface area contributed by atoms with Crippen LogP contribution in [0, 0.1) is 0 Å². The van der Waals surface area contributed by atoms with Gasteiger partial charge < -0.3 is 20.1 Å². The smallest absolute Gasteiger partial charge is 0.255 e. The number of benzene rings is 2. The summed E-state index contributed by atoms with van der Waals surface area (Å²) >= 11 is 12.1. The average molecular weight is 383 g/mol. The Balaban J connectivity index is 2.32. The highest BCUT2D eigenvalue weighted by atomic mass is 35.5. The number of carbonyl (C=O) groups is 2. The highest BCUT2D eigenvalue weighted by molar-refractivity contribution is 6.37. The Labute approximate surface area is 155 Å². The first kappa shape index (κ1) is 18.9. The molecule has 2 rings (SSSR count). The first-order chi connectivity index (χ1) is 11.8. The maximum atomic E-state index is 12.5. The lowest BCUT2D eigenvalue weighted by Gasteiger charge is -2.13. The number of hydrogen-bond acceptors (Lipinski definition) is 4. The monoisotopic (exact) mass is 382 g/mol. The molecule has 0 aliphatic rings. The molecule has 0 saturated carbocycles. The fourth-order valence-electron chi connectivity index (χ4n) is 2.17. The van der Waals surface area contributed by atoms with E-state index in [0.717, 1.165) is 0 Å². The van der Waals surface area contributed by atoms with E-state index in [1.807, 2.05) is 0 Å². The molecule has 2 amide bonds. The maximum Gasteiger partial charge on any atom is 0.255 e. The van der Waals surface area contributed by atoms with Crippen LogP contribution in [0.25, 0.3) is 0 Å². The standard InChI is InChI=1S/C17H16Cl2N2O4/c1-9(22)20-11-4-5-15(24-2)14(8-11)21-17(23)10-6-12(18)16(25-3)13(19)7-10/h4-8H,1-3H3,(H,20,22)(H,21,23). The Hall–Kier alpha value is -2.44. The SMILES string of the molecule is COc1ccc(NC(C)=O)cc1NC(=O)c1cc(Cl)c(OC)c(Cl)c1. The molecule has 0 aromatic heterocycles. The van der Waals surface area contributed by atoms with Crippen molar-refractivity contribution in [1.29, 1.82) is 0 Å². The molecule has 0 atom stereocenters. The van der Waals surface area contributed by atoms with Crippen LogP contribution in [0.1, 0.15) is 17.3 Å². The lowest BCUT2D eigenvalue weighted by molar-refractivity contribution is -0.114. The highest BCUT2D eigenvalue weighted by Gasteiger charge is 2.15. The molecule has 6 nitrogen and oxygen atoms in total. The van der Waals surface area contributed by atoms with Crippen LogP contribution in [0.4, 0.5) is 11.4 Å². The van der Waals surface area contributed by atoms with Gasteiger partial charge in [0.05, 0.1) is 30.0 Å². The highest BCUT2D eigenvalue weighted by Crippen LogP contribution is 2.34. The Kier molecular flexibility index (Phi) is 6.12. The molecule has 0 heterocycles. The number of methoxy groups -OCH3 is 2. The van der Waals surface area contributed by atoms with Crippen LogP contribution in [0.15, 0.2) is 30.3 Å². The summed E-state index contributed by atoms with van der Waals surface area (Å²) in [7, 11) is 2.91. The third-order valence-electron chi connectivity index (χ3n) is 3.23. The van der Waals surface area contributed by atoms with Crippen molar-refractivity contribution in [1.82, 2.24) is 0 Å². The summed E-state index contributed by atoms with van der Waals surface area (Å²) in [5.41, 5.74) is 1.17. The van der Waals surface area contributed by atoms with Gasteiger partial charge in [-0.3, -0.25) is 9.59 Å². The van der Waals surface area contributed by atoms with E-state index in [4.69, 9.17) is 32.7 Å². The second-order valence-corrected chi connectivity index (χ2v) is 5.84. The molecular weight excluding hydrogens is 367 g/mol. The Bertz CT molecular complexity index is 801. The van der Waals surface area contributed by atoms with Gasteiger partial charge in [0.25, 0.3) is 5.91 Å². The van der Waals surface area contributed by atoms with Crippen LogP contribution in [-0.4, -0.2) is 26.0 Å². The molecular formula is C17H16Cl2N2O4. The third-order valence-corrected chi connectivity index (χ3v) is 3.79. The molecule has 0 unspecified atom stereocenters. The van der Waals surface area contributed by atoms with Crippen molar-refractivity contribution in [3.05, 3.63) is 45.9 Å². The normalized spacial score (nSPS) is 10.1. The van der Waals surface area contributed by atoms with Crippen molar-refractivity contribution >= 4 is 46.4 Å². The number of halogens is 2. The molecule has 0 fully saturated rings. The molecule has 25 heavy (non-hydrogen) atoms. The number of carbonyl (C=O) groups excluding carboxylic acids is 2. The molecule has 0 aliphatic heterocycles. The Morgan fingerprint density at radius 2 is 1.60 bits per heavy atom. The van der Waals surface area contributed by atoms with E-state index in [0.29, 0.717) is 22.9 Å². The molecule has 0 radical (unpaired) electrons. The average Bonchev–Trinajstić information content (AvgIpc) is 2.54. The minimum absolute atomic E-state index is 0.221. The first-order valence-electron chi connectivity index (χ1n) is 7.15. The maximum absolute atomic E-state index is 12.5. The molecule has 0 aliphatic carbocycles. The van der Waals surface area contributed by atoms with Gasteiger partial charge in [-0.15, -0.1) is 0 Å². The molecule has 0 spiro atoms. The van der Waals surface area contributed by atoms with Gasteiger partial charge in [-0.1, -0.05) is 23.2 Å². The Morgan fingerprint density at radius 3 is 2.12 bits per heavy atom. The summed E-state index contributed by atoms with van der Waals surface area (Å²) < 4.78 is 10.3. The van der Waals surface area contributed by atoms with Gasteiger partial charge in [-0.05, 0) is 30.3 Å². The number of nitrogens with one attached hydrogen (secondary N) is 2. The van der Waals surface area contributed by atoms with E-state index in [1.165, 1.54) is 33.3 Å². The fourth-order valence-corrected chi connectivity index (χ4v) is 2.81. The minimum atomic E-state index is -0.440. The zero-order chi connectivity index (χ0) is 18.6. The quantitative estimate of drug-likeness (QED) is 0.811. The summed E-state index contributed by atoms with van der Waals surface area (Å²) in [6.45, 7) is 1.39. The number of rotatable bonds is 5. The Morgan fingerprint density at radius 1 is 0.960 bits per heavy atom. The van der Waals surface area contributed by atoms with Gasteiger partial charge in [0.2, 0.25) is 5.91 Å². The van der Waals surface area contributed by atoms with Crippen LogP contribution in [-0.2, 0) is 4.79 Å². The van der Waals surface area contributed by atoms with Gasteiger partial charge in [0, 0.05) is 18.2 Å². The fraction of sp³-hybridized carbons (Fsp3) is 0.176. The summed E-state index contributed by atoms with van der Waals surface area (Å²) in [6, 6.07) is 7.79. The number of amides is 2. The van der Waals surface area contributed by atoms with Crippen LogP contribution < -0.4 is 20.1 Å². The van der Waals surface area contributed by atoms with E-state index in [9.17, 15) is 9.59 Å². The summed E-state index contributed by atoms with van der Waals surface area (Å²) in [6.07, 6.45) is 0. The number of anilines is 2. The topological polar surface area (TPSA) is 76.7 Å². The number of hydrogen-bond donors (Lipinski definition) is 2. The van der Waals surface area contributed by atoms with Gasteiger partial charge in [0.1, 0.15) is 5.75 Å². The van der Waals surface area contributed by atoms with E-state index in [1.54, 1.807) is 18.2 Å². The molecule has 132 valence electrons. The molecule has 2 aromatic carbocycles. The second kappa shape index (κ2) is 8.09. The molecule has 0 saturated heterocycles. The van der Waals surface area contributed by atoms with Crippen LogP contribution >= 0.6 is 23.2 Å². The first-order valence-corrected chi connectivity index (χ1v) is 7.91. The van der Waals surface area contributed by atoms with Gasteiger partial charge in [-0.2, -0.15) is 0 Å². The van der Waals surface area contributed by atoms with E-state index in [-0.39, 0.29) is 21.5 Å². The second-order valence-electron chi connectivity index (χ2n) is 5.02. The van der Waals surface area contributed by atoms with E-state index >= 15 is 0 Å². The van der Waals surface area contributed by atoms with E-state index < -0.39 is 5.91 Å². The van der Waals surface area contributed by atoms with Crippen molar-refractivity contribution in [3.8, 4) is 11.5 Å². The molecule has 0 bridgehead atoms. The van der Waals surface area contributed by atoms with Crippen molar-refractivity contribution in [2.24, 2.45) is 0 Å². The lowest BCUT2D eigenvalue weighted by atomic mass is 10.2. The zero-order valence-corrected chi connectivity index (χ0v) is 15.3. The van der Waals surface area contributed by atoms with E-state index in [2.05, 4.69) is 10.6 Å². The number of ether oxygens (including phenoxy) is 2. The summed E-state index contributed by atoms with van der Waals surface area (Å²) in [5.74, 6) is 0.0687. The van der Waals surface area contributed by atoms with Crippen molar-refractivity contribution in [2.75, 3.05) is 24.9 Å². The van der Waals surface area contributed by atoms with Gasteiger partial charge in [0.15, 0.2) is 5.75 Å². The van der Waals surface area contributed by atoms with Crippen LogP contribution in [0.5, 0.6) is 11.5 Å². The van der Waals surface area contributed by atoms with Gasteiger partial charge >= 0.3 is 0 Å². The summed E-state index contributed by atoms with van der Waals surface area (Å²) in [5, 5.41) is 5.79. The van der Waals surface area contributed by atoms with Crippen LogP contribution in [0.3, 0.4) is 0 Å². The predicted octanol–water partition coefficient (Wildman–Crippen LogP) is 4.22. The zero-order valence-electron chi connectivity index (χ0n) is 13.8. The summed E-state index contributed by atoms with van der Waals surface area (Å²) in [4.78, 5) is 23.7. The predicted molar refractivity (Wildman–Crippen MR) is 98.3 cm³/mol. The van der Waals surface area contributed by atoms with Crippen molar-refractivity contribution in [2.45, 2.75) is 6.92 Å². The van der Waals surface area contributed by atoms with Crippen molar-refractivity contribution in [3.63, 3.8) is 0 Å². The molecule has 2 aromatic rings. The lowest BCUT2D eigenvalue weighted by Crippen LogP contribution is -2.14. The van der Waals surface area contributed by atoms with Crippen LogP contribution in [0.2, 0.25) is 10.0 Å². The molecule has 8 heteroatoms. The molecule has 2 N–H and O–H groups in total. The van der Waals surface area contributed by atoms with Gasteiger partial charge in [-0.25, -0.2) is 0 Å².